The normalized spacial score (nSPS) is 9.79. The summed E-state index contributed by atoms with van der Waals surface area (Å²) in [7, 11) is 0. The van der Waals surface area contributed by atoms with Gasteiger partial charge in [-0.05, 0) is 13.3 Å². The molecular formula is C9H14N4O. The molecule has 0 aliphatic rings. The average Bonchev–Trinajstić information content (AvgIpc) is 2.46. The van der Waals surface area contributed by atoms with Crippen molar-refractivity contribution >= 4 is 11.7 Å². The average molecular weight is 194 g/mol. The van der Waals surface area contributed by atoms with Gasteiger partial charge in [-0.3, -0.25) is 9.89 Å². The first-order valence-corrected chi connectivity index (χ1v) is 4.36. The Labute approximate surface area is 82.4 Å². The quantitative estimate of drug-likeness (QED) is 0.485. The number of aromatic amines is 1. The second-order valence-corrected chi connectivity index (χ2v) is 2.94. The Morgan fingerprint density at radius 2 is 2.50 bits per heavy atom. The second kappa shape index (κ2) is 4.45. The molecule has 14 heavy (non-hydrogen) atoms. The number of anilines is 1. The van der Waals surface area contributed by atoms with Gasteiger partial charge in [0.15, 0.2) is 5.82 Å². The van der Waals surface area contributed by atoms with Crippen molar-refractivity contribution in [2.24, 2.45) is 0 Å². The molecule has 0 atom stereocenters. The summed E-state index contributed by atoms with van der Waals surface area (Å²) in [6.45, 7) is 5.88. The van der Waals surface area contributed by atoms with Gasteiger partial charge >= 0.3 is 0 Å². The summed E-state index contributed by atoms with van der Waals surface area (Å²) in [6, 6.07) is 0. The SMILES string of the molecule is C=CCCNC(=O)c1c(N)n[nH]c1C. The first-order valence-electron chi connectivity index (χ1n) is 4.36. The van der Waals surface area contributed by atoms with Crippen LogP contribution in [0.4, 0.5) is 5.82 Å². The molecule has 0 fully saturated rings. The Bertz CT molecular complexity index is 323. The lowest BCUT2D eigenvalue weighted by atomic mass is 10.2. The molecule has 0 saturated carbocycles. The van der Waals surface area contributed by atoms with Crippen molar-refractivity contribution in [3.05, 3.63) is 23.9 Å². The lowest BCUT2D eigenvalue weighted by Gasteiger charge is -2.02. The molecule has 0 spiro atoms. The predicted molar refractivity (Wildman–Crippen MR) is 54.9 cm³/mol. The Morgan fingerprint density at radius 3 is 3.00 bits per heavy atom. The highest BCUT2D eigenvalue weighted by Crippen LogP contribution is 2.11. The topological polar surface area (TPSA) is 83.8 Å². The number of hydrogen-bond donors (Lipinski definition) is 3. The third kappa shape index (κ3) is 2.12. The van der Waals surface area contributed by atoms with Gasteiger partial charge in [-0.25, -0.2) is 0 Å². The van der Waals surface area contributed by atoms with Crippen molar-refractivity contribution in [2.75, 3.05) is 12.3 Å². The fraction of sp³-hybridized carbons (Fsp3) is 0.333. The highest BCUT2D eigenvalue weighted by Gasteiger charge is 2.14. The zero-order valence-electron chi connectivity index (χ0n) is 8.13. The second-order valence-electron chi connectivity index (χ2n) is 2.94. The molecule has 0 unspecified atom stereocenters. The van der Waals surface area contributed by atoms with Crippen LogP contribution in [-0.2, 0) is 0 Å². The molecule has 1 aromatic heterocycles. The molecule has 1 rings (SSSR count). The maximum absolute atomic E-state index is 11.5. The van der Waals surface area contributed by atoms with Gasteiger partial charge in [-0.2, -0.15) is 5.10 Å². The van der Waals surface area contributed by atoms with Gasteiger partial charge in [-0.15, -0.1) is 6.58 Å². The summed E-state index contributed by atoms with van der Waals surface area (Å²) in [5.74, 6) is 0.0363. The maximum Gasteiger partial charge on any atom is 0.256 e. The van der Waals surface area contributed by atoms with Crippen molar-refractivity contribution in [3.8, 4) is 0 Å². The molecule has 1 heterocycles. The molecule has 5 nitrogen and oxygen atoms in total. The van der Waals surface area contributed by atoms with Crippen molar-refractivity contribution in [1.82, 2.24) is 15.5 Å². The number of nitrogens with one attached hydrogen (secondary N) is 2. The molecule has 76 valence electrons. The van der Waals surface area contributed by atoms with Crippen LogP contribution in [-0.4, -0.2) is 22.6 Å². The van der Waals surface area contributed by atoms with Crippen molar-refractivity contribution in [2.45, 2.75) is 13.3 Å². The minimum atomic E-state index is -0.199. The third-order valence-electron chi connectivity index (χ3n) is 1.84. The Morgan fingerprint density at radius 1 is 1.79 bits per heavy atom. The number of rotatable bonds is 4. The van der Waals surface area contributed by atoms with Crippen LogP contribution in [0, 0.1) is 6.92 Å². The van der Waals surface area contributed by atoms with Crippen molar-refractivity contribution in [1.29, 1.82) is 0 Å². The molecule has 0 radical (unpaired) electrons. The number of aromatic nitrogens is 2. The number of aryl methyl sites for hydroxylation is 1. The van der Waals surface area contributed by atoms with Gasteiger partial charge in [-0.1, -0.05) is 6.08 Å². The largest absolute Gasteiger partial charge is 0.382 e. The molecule has 0 aromatic carbocycles. The number of nitrogen functional groups attached to an aromatic ring is 1. The van der Waals surface area contributed by atoms with Crippen LogP contribution in [0.15, 0.2) is 12.7 Å². The van der Waals surface area contributed by atoms with Crippen LogP contribution in [0.5, 0.6) is 0 Å². The molecule has 1 aromatic rings. The van der Waals surface area contributed by atoms with Crippen LogP contribution in [0.25, 0.3) is 0 Å². The minimum absolute atomic E-state index is 0.199. The fourth-order valence-corrected chi connectivity index (χ4v) is 1.11. The smallest absolute Gasteiger partial charge is 0.256 e. The number of hydrogen-bond acceptors (Lipinski definition) is 3. The summed E-state index contributed by atoms with van der Waals surface area (Å²) in [5.41, 5.74) is 6.63. The fourth-order valence-electron chi connectivity index (χ4n) is 1.11. The summed E-state index contributed by atoms with van der Waals surface area (Å²) in [5, 5.41) is 9.11. The lowest BCUT2D eigenvalue weighted by molar-refractivity contribution is 0.0954. The zero-order chi connectivity index (χ0) is 10.6. The Kier molecular flexibility index (Phi) is 3.28. The number of carbonyl (C=O) groups is 1. The van der Waals surface area contributed by atoms with E-state index in [1.165, 1.54) is 0 Å². The van der Waals surface area contributed by atoms with Gasteiger partial charge in [0.25, 0.3) is 5.91 Å². The predicted octanol–water partition coefficient (Wildman–Crippen LogP) is 0.606. The van der Waals surface area contributed by atoms with E-state index in [4.69, 9.17) is 5.73 Å². The minimum Gasteiger partial charge on any atom is -0.382 e. The molecule has 0 bridgehead atoms. The molecule has 0 saturated heterocycles. The Hall–Kier alpha value is -1.78. The van der Waals surface area contributed by atoms with E-state index in [1.54, 1.807) is 13.0 Å². The van der Waals surface area contributed by atoms with Crippen LogP contribution < -0.4 is 11.1 Å². The number of carbonyl (C=O) groups excluding carboxylic acids is 1. The zero-order valence-corrected chi connectivity index (χ0v) is 8.13. The summed E-state index contributed by atoms with van der Waals surface area (Å²) >= 11 is 0. The van der Waals surface area contributed by atoms with E-state index in [2.05, 4.69) is 22.1 Å². The first kappa shape index (κ1) is 10.3. The maximum atomic E-state index is 11.5. The van der Waals surface area contributed by atoms with E-state index >= 15 is 0 Å². The Balaban J connectivity index is 2.64. The third-order valence-corrected chi connectivity index (χ3v) is 1.84. The summed E-state index contributed by atoms with van der Waals surface area (Å²) in [4.78, 5) is 11.5. The van der Waals surface area contributed by atoms with Crippen molar-refractivity contribution in [3.63, 3.8) is 0 Å². The molecule has 5 heteroatoms. The highest BCUT2D eigenvalue weighted by atomic mass is 16.1. The number of H-pyrrole nitrogens is 1. The summed E-state index contributed by atoms with van der Waals surface area (Å²) in [6.07, 6.45) is 2.48. The molecule has 0 aliphatic carbocycles. The van der Waals surface area contributed by atoms with Crippen LogP contribution in [0.2, 0.25) is 0 Å². The van der Waals surface area contributed by atoms with Gasteiger partial charge in [0.1, 0.15) is 5.56 Å². The number of nitrogens with zero attached hydrogens (tertiary/aromatic N) is 1. The van der Waals surface area contributed by atoms with E-state index in [9.17, 15) is 4.79 Å². The van der Waals surface area contributed by atoms with Gasteiger partial charge in [0.05, 0.1) is 0 Å². The van der Waals surface area contributed by atoms with E-state index in [0.717, 1.165) is 6.42 Å². The monoisotopic (exact) mass is 194 g/mol. The van der Waals surface area contributed by atoms with E-state index in [-0.39, 0.29) is 11.7 Å². The van der Waals surface area contributed by atoms with Crippen LogP contribution in [0.1, 0.15) is 22.5 Å². The standard InChI is InChI=1S/C9H14N4O/c1-3-4-5-11-9(14)7-6(2)12-13-8(7)10/h3H,1,4-5H2,2H3,(H,11,14)(H3,10,12,13). The van der Waals surface area contributed by atoms with E-state index in [0.29, 0.717) is 17.8 Å². The van der Waals surface area contributed by atoms with E-state index in [1.807, 2.05) is 0 Å². The summed E-state index contributed by atoms with van der Waals surface area (Å²) < 4.78 is 0. The van der Waals surface area contributed by atoms with Gasteiger partial charge < -0.3 is 11.1 Å². The van der Waals surface area contributed by atoms with Crippen LogP contribution in [0.3, 0.4) is 0 Å². The molecule has 1 amide bonds. The number of nitrogens with two attached hydrogens (primary N) is 1. The lowest BCUT2D eigenvalue weighted by Crippen LogP contribution is -2.25. The van der Waals surface area contributed by atoms with E-state index < -0.39 is 0 Å². The first-order chi connectivity index (χ1) is 6.66. The molecule has 0 aliphatic heterocycles. The highest BCUT2D eigenvalue weighted by molar-refractivity contribution is 5.99. The van der Waals surface area contributed by atoms with Gasteiger partial charge in [0.2, 0.25) is 0 Å². The molecule has 4 N–H and O–H groups in total. The van der Waals surface area contributed by atoms with Crippen LogP contribution >= 0.6 is 0 Å². The molecular weight excluding hydrogens is 180 g/mol. The van der Waals surface area contributed by atoms with Crippen molar-refractivity contribution < 1.29 is 4.79 Å². The number of amides is 1. The van der Waals surface area contributed by atoms with Gasteiger partial charge in [0, 0.05) is 12.2 Å².